The predicted molar refractivity (Wildman–Crippen MR) is 92.7 cm³/mol. The van der Waals surface area contributed by atoms with Crippen molar-refractivity contribution >= 4 is 11.9 Å². The fraction of sp³-hybridized carbons (Fsp3) is 0.263. The Bertz CT molecular complexity index is 702. The van der Waals surface area contributed by atoms with Gasteiger partial charge in [0.15, 0.2) is 18.1 Å². The Balaban J connectivity index is 1.98. The van der Waals surface area contributed by atoms with Crippen molar-refractivity contribution < 1.29 is 24.2 Å². The molecule has 0 radical (unpaired) electrons. The molecule has 0 aliphatic rings. The number of hydrogen-bond donors (Lipinski definition) is 2. The van der Waals surface area contributed by atoms with Crippen molar-refractivity contribution in [2.45, 2.75) is 19.4 Å². The topological polar surface area (TPSA) is 84.9 Å². The van der Waals surface area contributed by atoms with E-state index < -0.39 is 17.9 Å². The molecular formula is C19H21NO5. The molecule has 6 heteroatoms. The number of para-hydroxylation sites is 2. The highest BCUT2D eigenvalue weighted by molar-refractivity contribution is 5.79. The summed E-state index contributed by atoms with van der Waals surface area (Å²) in [6.07, 6.45) is -0.203. The van der Waals surface area contributed by atoms with Gasteiger partial charge < -0.3 is 19.9 Å². The average molecular weight is 343 g/mol. The van der Waals surface area contributed by atoms with E-state index in [1.165, 1.54) is 0 Å². The van der Waals surface area contributed by atoms with E-state index in [0.29, 0.717) is 18.1 Å². The van der Waals surface area contributed by atoms with Gasteiger partial charge in [-0.05, 0) is 24.6 Å². The lowest BCUT2D eigenvalue weighted by Gasteiger charge is -2.18. The highest BCUT2D eigenvalue weighted by Gasteiger charge is 2.18. The van der Waals surface area contributed by atoms with Crippen molar-refractivity contribution in [3.63, 3.8) is 0 Å². The molecule has 0 unspecified atom stereocenters. The Labute approximate surface area is 146 Å². The second-order valence-corrected chi connectivity index (χ2v) is 5.30. The molecule has 6 nitrogen and oxygen atoms in total. The Kier molecular flexibility index (Phi) is 6.83. The van der Waals surface area contributed by atoms with Gasteiger partial charge in [-0.25, -0.2) is 0 Å². The number of rotatable bonds is 9. The number of aliphatic carboxylic acids is 1. The first-order valence-corrected chi connectivity index (χ1v) is 8.01. The lowest BCUT2D eigenvalue weighted by Crippen LogP contribution is -2.33. The van der Waals surface area contributed by atoms with Gasteiger partial charge in [-0.3, -0.25) is 9.59 Å². The molecule has 0 aliphatic heterocycles. The van der Waals surface area contributed by atoms with Gasteiger partial charge in [0, 0.05) is 0 Å². The number of carbonyl (C=O) groups excluding carboxylic acids is 1. The minimum absolute atomic E-state index is 0.203. The van der Waals surface area contributed by atoms with Crippen molar-refractivity contribution in [1.29, 1.82) is 0 Å². The maximum Gasteiger partial charge on any atom is 0.305 e. The molecule has 25 heavy (non-hydrogen) atoms. The van der Waals surface area contributed by atoms with E-state index in [4.69, 9.17) is 14.6 Å². The minimum atomic E-state index is -0.989. The van der Waals surface area contributed by atoms with Gasteiger partial charge in [0.25, 0.3) is 5.91 Å². The molecule has 2 rings (SSSR count). The summed E-state index contributed by atoms with van der Waals surface area (Å²) in [6, 6.07) is 15.4. The maximum atomic E-state index is 12.2. The SMILES string of the molecule is CCOc1ccccc1OCC(=O)N[C@H](CC(=O)O)c1ccccc1. The van der Waals surface area contributed by atoms with E-state index in [9.17, 15) is 9.59 Å². The predicted octanol–water partition coefficient (Wildman–Crippen LogP) is 2.80. The number of carboxylic acids is 1. The number of amides is 1. The third-order valence-corrected chi connectivity index (χ3v) is 3.42. The van der Waals surface area contributed by atoms with E-state index in [1.807, 2.05) is 19.1 Å². The van der Waals surface area contributed by atoms with Crippen LogP contribution in [0.25, 0.3) is 0 Å². The van der Waals surface area contributed by atoms with Crippen LogP contribution < -0.4 is 14.8 Å². The lowest BCUT2D eigenvalue weighted by molar-refractivity contribution is -0.137. The van der Waals surface area contributed by atoms with Gasteiger partial charge in [0.2, 0.25) is 0 Å². The summed E-state index contributed by atoms with van der Waals surface area (Å²) < 4.78 is 10.9. The van der Waals surface area contributed by atoms with Crippen LogP contribution >= 0.6 is 0 Å². The monoisotopic (exact) mass is 343 g/mol. The molecule has 2 N–H and O–H groups in total. The van der Waals surface area contributed by atoms with Crippen LogP contribution in [0.15, 0.2) is 54.6 Å². The standard InChI is InChI=1S/C19H21NO5/c1-2-24-16-10-6-7-11-17(16)25-13-18(21)20-15(12-19(22)23)14-8-4-3-5-9-14/h3-11,15H,2,12-13H2,1H3,(H,20,21)(H,22,23)/t15-/m1/s1. The van der Waals surface area contributed by atoms with Gasteiger partial charge in [-0.15, -0.1) is 0 Å². The molecule has 132 valence electrons. The van der Waals surface area contributed by atoms with Crippen LogP contribution in [-0.2, 0) is 9.59 Å². The van der Waals surface area contributed by atoms with Crippen molar-refractivity contribution in [2.24, 2.45) is 0 Å². The largest absolute Gasteiger partial charge is 0.490 e. The summed E-state index contributed by atoms with van der Waals surface area (Å²) in [4.78, 5) is 23.2. The molecule has 0 fully saturated rings. The molecule has 1 atom stereocenters. The van der Waals surface area contributed by atoms with Crippen LogP contribution in [0, 0.1) is 0 Å². The Morgan fingerprint density at radius 2 is 1.60 bits per heavy atom. The zero-order valence-electron chi connectivity index (χ0n) is 14.0. The quantitative estimate of drug-likeness (QED) is 0.731. The Hall–Kier alpha value is -3.02. The minimum Gasteiger partial charge on any atom is -0.490 e. The van der Waals surface area contributed by atoms with Crippen LogP contribution in [0.5, 0.6) is 11.5 Å². The molecule has 0 saturated carbocycles. The summed E-state index contributed by atoms with van der Waals surface area (Å²) >= 11 is 0. The van der Waals surface area contributed by atoms with Crippen molar-refractivity contribution in [3.05, 3.63) is 60.2 Å². The van der Waals surface area contributed by atoms with Gasteiger partial charge in [0.05, 0.1) is 19.1 Å². The van der Waals surface area contributed by atoms with Gasteiger partial charge >= 0.3 is 5.97 Å². The Morgan fingerprint density at radius 1 is 1.00 bits per heavy atom. The van der Waals surface area contributed by atoms with E-state index in [2.05, 4.69) is 5.32 Å². The van der Waals surface area contributed by atoms with Gasteiger partial charge in [-0.1, -0.05) is 42.5 Å². The summed E-state index contributed by atoms with van der Waals surface area (Å²) in [5.74, 6) is -0.366. The normalized spacial score (nSPS) is 11.4. The molecule has 0 bridgehead atoms. The summed E-state index contributed by atoms with van der Waals surface area (Å²) in [5, 5.41) is 11.8. The number of benzene rings is 2. The fourth-order valence-electron chi connectivity index (χ4n) is 2.34. The van der Waals surface area contributed by atoms with Crippen molar-refractivity contribution in [2.75, 3.05) is 13.2 Å². The average Bonchev–Trinajstić information content (AvgIpc) is 2.61. The molecule has 0 aliphatic carbocycles. The van der Waals surface area contributed by atoms with E-state index >= 15 is 0 Å². The molecular weight excluding hydrogens is 322 g/mol. The molecule has 0 heterocycles. The van der Waals surface area contributed by atoms with E-state index in [0.717, 1.165) is 5.56 Å². The number of carboxylic acid groups (broad SMARTS) is 1. The second-order valence-electron chi connectivity index (χ2n) is 5.30. The number of carbonyl (C=O) groups is 2. The first-order chi connectivity index (χ1) is 12.1. The second kappa shape index (κ2) is 9.32. The first-order valence-electron chi connectivity index (χ1n) is 8.01. The smallest absolute Gasteiger partial charge is 0.305 e. The summed E-state index contributed by atoms with van der Waals surface area (Å²) in [7, 11) is 0. The van der Waals surface area contributed by atoms with Crippen LogP contribution in [0.1, 0.15) is 24.9 Å². The third kappa shape index (κ3) is 5.84. The summed E-state index contributed by atoms with van der Waals surface area (Å²) in [5.41, 5.74) is 0.730. The lowest BCUT2D eigenvalue weighted by atomic mass is 10.0. The van der Waals surface area contributed by atoms with E-state index in [1.54, 1.807) is 42.5 Å². The van der Waals surface area contributed by atoms with Crippen LogP contribution in [0.3, 0.4) is 0 Å². The van der Waals surface area contributed by atoms with Crippen molar-refractivity contribution in [3.8, 4) is 11.5 Å². The first kappa shape index (κ1) is 18.3. The van der Waals surface area contributed by atoms with Crippen LogP contribution in [-0.4, -0.2) is 30.2 Å². The number of hydrogen-bond acceptors (Lipinski definition) is 4. The fourth-order valence-corrected chi connectivity index (χ4v) is 2.34. The zero-order valence-corrected chi connectivity index (χ0v) is 14.0. The van der Waals surface area contributed by atoms with Gasteiger partial charge in [0.1, 0.15) is 0 Å². The summed E-state index contributed by atoms with van der Waals surface area (Å²) in [6.45, 7) is 2.12. The Morgan fingerprint density at radius 3 is 2.20 bits per heavy atom. The highest BCUT2D eigenvalue weighted by Crippen LogP contribution is 2.26. The molecule has 0 spiro atoms. The molecule has 0 saturated heterocycles. The zero-order chi connectivity index (χ0) is 18.1. The van der Waals surface area contributed by atoms with Crippen LogP contribution in [0.2, 0.25) is 0 Å². The maximum absolute atomic E-state index is 12.2. The molecule has 0 aromatic heterocycles. The molecule has 1 amide bonds. The molecule has 2 aromatic rings. The number of ether oxygens (including phenoxy) is 2. The molecule has 2 aromatic carbocycles. The highest BCUT2D eigenvalue weighted by atomic mass is 16.5. The van der Waals surface area contributed by atoms with Crippen molar-refractivity contribution in [1.82, 2.24) is 5.32 Å². The number of nitrogens with one attached hydrogen (secondary N) is 1. The van der Waals surface area contributed by atoms with Crippen LogP contribution in [0.4, 0.5) is 0 Å². The van der Waals surface area contributed by atoms with Gasteiger partial charge in [-0.2, -0.15) is 0 Å². The third-order valence-electron chi connectivity index (χ3n) is 3.42. The van der Waals surface area contributed by atoms with E-state index in [-0.39, 0.29) is 13.0 Å².